The number of amides is 2. The summed E-state index contributed by atoms with van der Waals surface area (Å²) in [7, 11) is 0. The molecule has 2 rings (SSSR count). The third-order valence-corrected chi connectivity index (χ3v) is 6.50. The van der Waals surface area contributed by atoms with Gasteiger partial charge in [-0.25, -0.2) is 0 Å². The minimum Gasteiger partial charge on any atom is -0.369 e. The van der Waals surface area contributed by atoms with Crippen LogP contribution in [0.1, 0.15) is 67.2 Å². The average molecular weight is 457 g/mol. The second kappa shape index (κ2) is 11.3. The Kier molecular flexibility index (Phi) is 9.52. The molecule has 0 spiro atoms. The van der Waals surface area contributed by atoms with Crippen LogP contribution in [0.2, 0.25) is 0 Å². The van der Waals surface area contributed by atoms with E-state index in [1.807, 2.05) is 0 Å². The van der Waals surface area contributed by atoms with E-state index >= 15 is 0 Å². The number of nitrogens with two attached hydrogens (primary N) is 2. The van der Waals surface area contributed by atoms with Crippen molar-refractivity contribution in [2.24, 2.45) is 46.0 Å². The molecular weight excluding hydrogens is 412 g/mol. The molecule has 0 aromatic heterocycles. The molecule has 2 aliphatic heterocycles. The lowest BCUT2D eigenvalue weighted by atomic mass is 9.72. The van der Waals surface area contributed by atoms with E-state index in [1.165, 1.54) is 0 Å². The van der Waals surface area contributed by atoms with Crippen molar-refractivity contribution in [2.45, 2.75) is 79.8 Å². The Labute approximate surface area is 193 Å². The highest BCUT2D eigenvalue weighted by molar-refractivity contribution is 5.77. The minimum atomic E-state index is -0.467. The van der Waals surface area contributed by atoms with E-state index in [-0.39, 0.29) is 46.7 Å². The molecule has 0 bridgehead atoms. The third-order valence-electron chi connectivity index (χ3n) is 6.50. The van der Waals surface area contributed by atoms with Crippen molar-refractivity contribution in [1.82, 2.24) is 0 Å². The summed E-state index contributed by atoms with van der Waals surface area (Å²) in [5.74, 6) is -1.63. The summed E-state index contributed by atoms with van der Waals surface area (Å²) in [6, 6.07) is 0. The second-order valence-electron chi connectivity index (χ2n) is 11.6. The highest BCUT2D eigenvalue weighted by atomic mass is 16.7. The Balaban J connectivity index is 2.21. The number of rotatable bonds is 11. The number of carbonyl (C=O) groups excluding carboxylic acids is 2. The molecule has 2 saturated heterocycles. The molecule has 0 radical (unpaired) electrons. The van der Waals surface area contributed by atoms with Crippen molar-refractivity contribution in [3.05, 3.63) is 0 Å². The number of hydrogen-bond acceptors (Lipinski definition) is 6. The van der Waals surface area contributed by atoms with Gasteiger partial charge in [0.1, 0.15) is 0 Å². The lowest BCUT2D eigenvalue weighted by Gasteiger charge is -2.37. The molecule has 32 heavy (non-hydrogen) atoms. The largest absolute Gasteiger partial charge is 0.369 e. The van der Waals surface area contributed by atoms with Crippen molar-refractivity contribution >= 4 is 11.8 Å². The molecule has 2 heterocycles. The van der Waals surface area contributed by atoms with Gasteiger partial charge in [-0.1, -0.05) is 41.5 Å². The summed E-state index contributed by atoms with van der Waals surface area (Å²) in [5.41, 5.74) is 11.4. The maximum Gasteiger partial charge on any atom is 0.220 e. The van der Waals surface area contributed by atoms with Gasteiger partial charge >= 0.3 is 0 Å². The van der Waals surface area contributed by atoms with E-state index < -0.39 is 12.2 Å². The highest BCUT2D eigenvalue weighted by Crippen LogP contribution is 2.40. The van der Waals surface area contributed by atoms with Gasteiger partial charge in [0.2, 0.25) is 11.8 Å². The molecule has 2 fully saturated rings. The Hall–Kier alpha value is -1.22. The molecule has 2 aliphatic rings. The standard InChI is InChI=1S/C24H44N2O6/c1-23(2,3)14-17(20(26)28)12-16(21-29-7-8-30-21)11-15(19(25)27)13-18(24(4,5)6)22-31-9-10-32-22/h15-18,21-22H,7-14H2,1-6H3,(H2,25,27)(H2,26,28). The van der Waals surface area contributed by atoms with E-state index in [0.717, 1.165) is 0 Å². The molecule has 0 aliphatic carbocycles. The monoisotopic (exact) mass is 456 g/mol. The number of hydrogen-bond donors (Lipinski definition) is 2. The summed E-state index contributed by atoms with van der Waals surface area (Å²) in [6.45, 7) is 14.7. The van der Waals surface area contributed by atoms with Gasteiger partial charge in [0.15, 0.2) is 12.6 Å². The van der Waals surface area contributed by atoms with Crippen molar-refractivity contribution in [2.75, 3.05) is 26.4 Å². The van der Waals surface area contributed by atoms with E-state index in [9.17, 15) is 9.59 Å². The number of ether oxygens (including phenoxy) is 4. The lowest BCUT2D eigenvalue weighted by molar-refractivity contribution is -0.137. The Morgan fingerprint density at radius 1 is 0.750 bits per heavy atom. The first-order valence-electron chi connectivity index (χ1n) is 11.8. The van der Waals surface area contributed by atoms with Crippen LogP contribution in [0.15, 0.2) is 0 Å². The minimum absolute atomic E-state index is 0.00456. The van der Waals surface area contributed by atoms with Crippen molar-refractivity contribution in [3.63, 3.8) is 0 Å². The van der Waals surface area contributed by atoms with Crippen LogP contribution in [-0.4, -0.2) is 50.8 Å². The third kappa shape index (κ3) is 8.28. The van der Waals surface area contributed by atoms with Gasteiger partial charge in [-0.2, -0.15) is 0 Å². The molecule has 4 unspecified atom stereocenters. The fourth-order valence-corrected chi connectivity index (χ4v) is 4.85. The molecule has 0 aromatic rings. The van der Waals surface area contributed by atoms with Crippen LogP contribution in [0.5, 0.6) is 0 Å². The van der Waals surface area contributed by atoms with Crippen molar-refractivity contribution in [1.29, 1.82) is 0 Å². The normalized spacial score (nSPS) is 22.6. The summed E-state index contributed by atoms with van der Waals surface area (Å²) in [6.07, 6.45) is 1.33. The average Bonchev–Trinajstić information content (AvgIpc) is 3.34. The molecule has 0 saturated carbocycles. The molecule has 8 nitrogen and oxygen atoms in total. The van der Waals surface area contributed by atoms with Gasteiger partial charge in [0.05, 0.1) is 26.4 Å². The van der Waals surface area contributed by atoms with Crippen LogP contribution in [0.4, 0.5) is 0 Å². The number of primary amides is 2. The molecule has 2 amide bonds. The first kappa shape index (κ1) is 27.0. The molecule has 8 heteroatoms. The molecule has 4 atom stereocenters. The first-order valence-corrected chi connectivity index (χ1v) is 11.8. The Bertz CT molecular complexity index is 615. The Morgan fingerprint density at radius 2 is 1.19 bits per heavy atom. The topological polar surface area (TPSA) is 123 Å². The van der Waals surface area contributed by atoms with E-state index in [2.05, 4.69) is 41.5 Å². The van der Waals surface area contributed by atoms with Crippen LogP contribution in [0.25, 0.3) is 0 Å². The zero-order valence-corrected chi connectivity index (χ0v) is 20.7. The van der Waals surface area contributed by atoms with Gasteiger partial charge in [0.25, 0.3) is 0 Å². The van der Waals surface area contributed by atoms with Gasteiger partial charge in [0, 0.05) is 23.7 Å². The summed E-state index contributed by atoms with van der Waals surface area (Å²) in [4.78, 5) is 24.8. The van der Waals surface area contributed by atoms with Crippen LogP contribution in [0.3, 0.4) is 0 Å². The fraction of sp³-hybridized carbons (Fsp3) is 0.917. The van der Waals surface area contributed by atoms with E-state index in [0.29, 0.717) is 52.1 Å². The lowest BCUT2D eigenvalue weighted by Crippen LogP contribution is -2.40. The summed E-state index contributed by atoms with van der Waals surface area (Å²) >= 11 is 0. The van der Waals surface area contributed by atoms with E-state index in [1.54, 1.807) is 0 Å². The van der Waals surface area contributed by atoms with Crippen molar-refractivity contribution in [3.8, 4) is 0 Å². The van der Waals surface area contributed by atoms with Crippen LogP contribution >= 0.6 is 0 Å². The van der Waals surface area contributed by atoms with E-state index in [4.69, 9.17) is 30.4 Å². The van der Waals surface area contributed by atoms with Crippen LogP contribution in [0, 0.1) is 34.5 Å². The summed E-state index contributed by atoms with van der Waals surface area (Å²) < 4.78 is 23.2. The maximum absolute atomic E-state index is 12.5. The predicted molar refractivity (Wildman–Crippen MR) is 121 cm³/mol. The van der Waals surface area contributed by atoms with Crippen LogP contribution < -0.4 is 11.5 Å². The maximum atomic E-state index is 12.5. The summed E-state index contributed by atoms with van der Waals surface area (Å²) in [5, 5.41) is 0. The Morgan fingerprint density at radius 3 is 1.59 bits per heavy atom. The second-order valence-corrected chi connectivity index (χ2v) is 11.6. The van der Waals surface area contributed by atoms with Gasteiger partial charge < -0.3 is 30.4 Å². The molecular formula is C24H44N2O6. The van der Waals surface area contributed by atoms with Crippen LogP contribution in [-0.2, 0) is 28.5 Å². The fourth-order valence-electron chi connectivity index (χ4n) is 4.85. The molecule has 186 valence electrons. The smallest absolute Gasteiger partial charge is 0.220 e. The van der Waals surface area contributed by atoms with Crippen molar-refractivity contribution < 1.29 is 28.5 Å². The quantitative estimate of drug-likeness (QED) is 0.493. The molecule has 0 aromatic carbocycles. The SMILES string of the molecule is CC(C)(C)CC(CC(CC(CC(C1OCCO1)C(C)(C)C)C(N)=O)C1OCCO1)C(N)=O. The number of carbonyl (C=O) groups is 2. The predicted octanol–water partition coefficient (Wildman–Crippen LogP) is 2.82. The zero-order chi connectivity index (χ0) is 24.1. The molecule has 4 N–H and O–H groups in total. The van der Waals surface area contributed by atoms with Gasteiger partial charge in [-0.05, 0) is 36.5 Å². The van der Waals surface area contributed by atoms with Gasteiger partial charge in [-0.15, -0.1) is 0 Å². The highest BCUT2D eigenvalue weighted by Gasteiger charge is 2.41. The first-order chi connectivity index (χ1) is 14.8. The zero-order valence-electron chi connectivity index (χ0n) is 20.7. The van der Waals surface area contributed by atoms with Gasteiger partial charge in [-0.3, -0.25) is 9.59 Å².